The molecule has 0 radical (unpaired) electrons. The molecule has 0 aliphatic rings. The second-order valence-corrected chi connectivity index (χ2v) is 4.82. The van der Waals surface area contributed by atoms with Crippen LogP contribution in [0.5, 0.6) is 0 Å². The van der Waals surface area contributed by atoms with Gasteiger partial charge < -0.3 is 11.1 Å². The maximum atomic E-state index is 11.7. The molecule has 0 aromatic carbocycles. The van der Waals surface area contributed by atoms with Crippen molar-refractivity contribution in [3.63, 3.8) is 0 Å². The summed E-state index contributed by atoms with van der Waals surface area (Å²) < 4.78 is 0. The maximum Gasteiger partial charge on any atom is 0.220 e. The minimum atomic E-state index is 0.0675. The molecule has 0 saturated carbocycles. The Morgan fingerprint density at radius 2 is 2.16 bits per heavy atom. The van der Waals surface area contributed by atoms with E-state index in [2.05, 4.69) is 22.2 Å². The predicted octanol–water partition coefficient (Wildman–Crippen LogP) is 1.56. The number of aryl methyl sites for hydroxylation is 1. The molecule has 19 heavy (non-hydrogen) atoms. The van der Waals surface area contributed by atoms with Crippen molar-refractivity contribution in [2.24, 2.45) is 11.7 Å². The Bertz CT molecular complexity index is 378. The smallest absolute Gasteiger partial charge is 0.220 e. The van der Waals surface area contributed by atoms with Crippen molar-refractivity contribution in [2.75, 3.05) is 6.54 Å². The van der Waals surface area contributed by atoms with Gasteiger partial charge in [-0.15, -0.1) is 0 Å². The zero-order valence-corrected chi connectivity index (χ0v) is 11.9. The van der Waals surface area contributed by atoms with Crippen molar-refractivity contribution in [2.45, 2.75) is 46.1 Å². The summed E-state index contributed by atoms with van der Waals surface area (Å²) in [6, 6.07) is 0. The lowest BCUT2D eigenvalue weighted by atomic mass is 9.96. The van der Waals surface area contributed by atoms with Crippen LogP contribution in [0, 0.1) is 12.8 Å². The Labute approximate surface area is 115 Å². The fraction of sp³-hybridized carbons (Fsp3) is 0.643. The van der Waals surface area contributed by atoms with Crippen molar-refractivity contribution in [3.05, 3.63) is 23.8 Å². The lowest BCUT2D eigenvalue weighted by Gasteiger charge is -2.13. The number of hydrogen-bond acceptors (Lipinski definition) is 4. The van der Waals surface area contributed by atoms with Crippen LogP contribution in [-0.2, 0) is 11.3 Å². The molecule has 0 spiro atoms. The van der Waals surface area contributed by atoms with Gasteiger partial charge in [0.15, 0.2) is 0 Å². The second-order valence-electron chi connectivity index (χ2n) is 4.82. The zero-order chi connectivity index (χ0) is 14.1. The first-order chi connectivity index (χ1) is 9.15. The Balaban J connectivity index is 2.25. The summed E-state index contributed by atoms with van der Waals surface area (Å²) >= 11 is 0. The lowest BCUT2D eigenvalue weighted by molar-refractivity contribution is -0.121. The van der Waals surface area contributed by atoms with Crippen LogP contribution in [0.3, 0.4) is 0 Å². The Morgan fingerprint density at radius 3 is 2.74 bits per heavy atom. The highest BCUT2D eigenvalue weighted by atomic mass is 16.1. The molecule has 1 heterocycles. The number of hydrogen-bond donors (Lipinski definition) is 2. The minimum Gasteiger partial charge on any atom is -0.350 e. The molecule has 1 aromatic heterocycles. The molecule has 5 nitrogen and oxygen atoms in total. The Hall–Kier alpha value is -1.49. The fourth-order valence-corrected chi connectivity index (χ4v) is 1.91. The third-order valence-corrected chi connectivity index (χ3v) is 3.23. The van der Waals surface area contributed by atoms with Crippen LogP contribution in [0.15, 0.2) is 12.4 Å². The van der Waals surface area contributed by atoms with Crippen molar-refractivity contribution in [1.29, 1.82) is 0 Å². The molecule has 0 aliphatic heterocycles. The molecule has 1 rings (SSSR count). The molecule has 5 heteroatoms. The van der Waals surface area contributed by atoms with Crippen LogP contribution >= 0.6 is 0 Å². The van der Waals surface area contributed by atoms with Gasteiger partial charge >= 0.3 is 0 Å². The standard InChI is InChI=1S/C14H24N4O/c1-3-12(6-7-15)4-5-14(19)18-10-13-9-16-11(2)8-17-13/h8-9,12H,3-7,10,15H2,1-2H3,(H,18,19). The van der Waals surface area contributed by atoms with Crippen LogP contribution in [0.2, 0.25) is 0 Å². The van der Waals surface area contributed by atoms with Crippen LogP contribution in [-0.4, -0.2) is 22.4 Å². The fourth-order valence-electron chi connectivity index (χ4n) is 1.91. The molecule has 3 N–H and O–H groups in total. The molecule has 106 valence electrons. The van der Waals surface area contributed by atoms with Crippen molar-refractivity contribution < 1.29 is 4.79 Å². The molecular weight excluding hydrogens is 240 g/mol. The van der Waals surface area contributed by atoms with E-state index in [-0.39, 0.29) is 5.91 Å². The van der Waals surface area contributed by atoms with E-state index in [1.165, 1.54) is 0 Å². The number of nitrogens with one attached hydrogen (secondary N) is 1. The average molecular weight is 264 g/mol. The van der Waals surface area contributed by atoms with E-state index in [0.717, 1.165) is 30.7 Å². The van der Waals surface area contributed by atoms with Gasteiger partial charge in [-0.1, -0.05) is 13.3 Å². The molecular formula is C14H24N4O. The van der Waals surface area contributed by atoms with Gasteiger partial charge in [-0.25, -0.2) is 0 Å². The predicted molar refractivity (Wildman–Crippen MR) is 75.3 cm³/mol. The third-order valence-electron chi connectivity index (χ3n) is 3.23. The SMILES string of the molecule is CCC(CCN)CCC(=O)NCc1cnc(C)cn1. The van der Waals surface area contributed by atoms with Gasteiger partial charge in [-0.05, 0) is 32.2 Å². The summed E-state index contributed by atoms with van der Waals surface area (Å²) in [7, 11) is 0. The highest BCUT2D eigenvalue weighted by Gasteiger charge is 2.09. The summed E-state index contributed by atoms with van der Waals surface area (Å²) in [5.41, 5.74) is 7.21. The monoisotopic (exact) mass is 264 g/mol. The molecule has 0 aliphatic carbocycles. The molecule has 1 amide bonds. The van der Waals surface area contributed by atoms with E-state index in [9.17, 15) is 4.79 Å². The van der Waals surface area contributed by atoms with Gasteiger partial charge in [0.25, 0.3) is 0 Å². The Kier molecular flexibility index (Phi) is 7.03. The summed E-state index contributed by atoms with van der Waals surface area (Å²) in [6.45, 7) is 5.16. The first-order valence-electron chi connectivity index (χ1n) is 6.90. The van der Waals surface area contributed by atoms with E-state index in [4.69, 9.17) is 5.73 Å². The largest absolute Gasteiger partial charge is 0.350 e. The summed E-state index contributed by atoms with van der Waals surface area (Å²) in [4.78, 5) is 20.1. The molecule has 1 unspecified atom stereocenters. The Morgan fingerprint density at radius 1 is 1.37 bits per heavy atom. The first-order valence-corrected chi connectivity index (χ1v) is 6.90. The molecule has 1 atom stereocenters. The quantitative estimate of drug-likeness (QED) is 0.746. The van der Waals surface area contributed by atoms with Gasteiger partial charge in [-0.2, -0.15) is 0 Å². The number of nitrogens with zero attached hydrogens (tertiary/aromatic N) is 2. The number of carbonyl (C=O) groups excluding carboxylic acids is 1. The van der Waals surface area contributed by atoms with E-state index in [1.807, 2.05) is 6.92 Å². The zero-order valence-electron chi connectivity index (χ0n) is 11.9. The van der Waals surface area contributed by atoms with E-state index >= 15 is 0 Å². The highest BCUT2D eigenvalue weighted by molar-refractivity contribution is 5.75. The maximum absolute atomic E-state index is 11.7. The first kappa shape index (κ1) is 15.6. The van der Waals surface area contributed by atoms with Crippen LogP contribution < -0.4 is 11.1 Å². The second kappa shape index (κ2) is 8.58. The van der Waals surface area contributed by atoms with Crippen LogP contribution in [0.25, 0.3) is 0 Å². The molecule has 1 aromatic rings. The van der Waals surface area contributed by atoms with Gasteiger partial charge in [0.1, 0.15) is 0 Å². The van der Waals surface area contributed by atoms with Gasteiger partial charge in [0.2, 0.25) is 5.91 Å². The number of nitrogens with two attached hydrogens (primary N) is 1. The summed E-state index contributed by atoms with van der Waals surface area (Å²) in [5, 5.41) is 2.87. The highest BCUT2D eigenvalue weighted by Crippen LogP contribution is 2.14. The minimum absolute atomic E-state index is 0.0675. The van der Waals surface area contributed by atoms with Gasteiger partial charge in [-0.3, -0.25) is 14.8 Å². The summed E-state index contributed by atoms with van der Waals surface area (Å²) in [5.74, 6) is 0.618. The van der Waals surface area contributed by atoms with Gasteiger partial charge in [0, 0.05) is 12.6 Å². The van der Waals surface area contributed by atoms with Crippen molar-refractivity contribution in [3.8, 4) is 0 Å². The topological polar surface area (TPSA) is 80.9 Å². The number of aromatic nitrogens is 2. The lowest BCUT2D eigenvalue weighted by Crippen LogP contribution is -2.24. The molecule has 0 fully saturated rings. The van der Waals surface area contributed by atoms with Crippen LogP contribution in [0.1, 0.15) is 44.0 Å². The van der Waals surface area contributed by atoms with Crippen LogP contribution in [0.4, 0.5) is 0 Å². The summed E-state index contributed by atoms with van der Waals surface area (Å²) in [6.07, 6.45) is 6.92. The number of amides is 1. The average Bonchev–Trinajstić information content (AvgIpc) is 2.42. The molecule has 0 bridgehead atoms. The van der Waals surface area contributed by atoms with E-state index < -0.39 is 0 Å². The number of rotatable bonds is 8. The van der Waals surface area contributed by atoms with E-state index in [1.54, 1.807) is 12.4 Å². The van der Waals surface area contributed by atoms with E-state index in [0.29, 0.717) is 25.4 Å². The van der Waals surface area contributed by atoms with Crippen molar-refractivity contribution in [1.82, 2.24) is 15.3 Å². The molecule has 0 saturated heterocycles. The normalized spacial score (nSPS) is 12.2. The number of carbonyl (C=O) groups is 1. The third kappa shape index (κ3) is 6.29. The van der Waals surface area contributed by atoms with Crippen molar-refractivity contribution >= 4 is 5.91 Å². The van der Waals surface area contributed by atoms with Gasteiger partial charge in [0.05, 0.1) is 24.1 Å².